The maximum atomic E-state index is 12.9. The molecular weight excluding hydrogens is 1020 g/mol. The van der Waals surface area contributed by atoms with E-state index in [1.807, 2.05) is 0 Å². The van der Waals surface area contributed by atoms with Crippen LogP contribution in [0.25, 0.3) is 0 Å². The Bertz CT molecular complexity index is 1340. The summed E-state index contributed by atoms with van der Waals surface area (Å²) >= 11 is 0. The first kappa shape index (κ1) is 80.9. The molecule has 83 heavy (non-hydrogen) atoms. The molecule has 0 aromatic rings. The highest BCUT2D eigenvalue weighted by molar-refractivity contribution is 5.71. The predicted octanol–water partition coefficient (Wildman–Crippen LogP) is 26.1. The van der Waals surface area contributed by atoms with Crippen molar-refractivity contribution in [1.29, 1.82) is 0 Å². The fourth-order valence-corrected chi connectivity index (χ4v) is 11.7. The molecule has 0 amide bonds. The number of carbonyl (C=O) groups excluding carboxylic acids is 3. The Morgan fingerprint density at radius 1 is 0.229 bits per heavy atom. The SMILES string of the molecule is CCCCCCC/C=C\CCCCCCCC(=O)OCC(COC(=O)CCCCCCCCCCCCCCCCCCCCCCC/C=C\CCCCCCCCCC)OC(=O)CCCCCCCCCCCCCCCCCCCC. The first-order chi connectivity index (χ1) is 41.0. The largest absolute Gasteiger partial charge is 0.462 e. The van der Waals surface area contributed by atoms with Gasteiger partial charge in [-0.2, -0.15) is 0 Å². The molecule has 0 N–H and O–H groups in total. The maximum Gasteiger partial charge on any atom is 0.306 e. The van der Waals surface area contributed by atoms with Gasteiger partial charge in [-0.3, -0.25) is 14.4 Å². The van der Waals surface area contributed by atoms with Gasteiger partial charge in [-0.25, -0.2) is 0 Å². The van der Waals surface area contributed by atoms with E-state index in [2.05, 4.69) is 45.1 Å². The van der Waals surface area contributed by atoms with Gasteiger partial charge >= 0.3 is 17.9 Å². The Balaban J connectivity index is 4.11. The van der Waals surface area contributed by atoms with Crippen molar-refractivity contribution in [3.63, 3.8) is 0 Å². The average molecular weight is 1170 g/mol. The Hall–Kier alpha value is -2.11. The summed E-state index contributed by atoms with van der Waals surface area (Å²) in [6.45, 7) is 6.71. The van der Waals surface area contributed by atoms with Crippen molar-refractivity contribution < 1.29 is 28.6 Å². The van der Waals surface area contributed by atoms with Crippen LogP contribution in [0.4, 0.5) is 0 Å². The molecule has 0 aromatic heterocycles. The van der Waals surface area contributed by atoms with Gasteiger partial charge in [0.1, 0.15) is 13.2 Å². The lowest BCUT2D eigenvalue weighted by atomic mass is 10.0. The maximum absolute atomic E-state index is 12.9. The molecule has 6 heteroatoms. The normalized spacial score (nSPS) is 12.1. The number of hydrogen-bond acceptors (Lipinski definition) is 6. The molecule has 1 unspecified atom stereocenters. The van der Waals surface area contributed by atoms with E-state index in [0.29, 0.717) is 19.3 Å². The molecule has 0 saturated heterocycles. The molecule has 0 radical (unpaired) electrons. The van der Waals surface area contributed by atoms with Gasteiger partial charge in [-0.15, -0.1) is 0 Å². The smallest absolute Gasteiger partial charge is 0.306 e. The third-order valence-electron chi connectivity index (χ3n) is 17.4. The topological polar surface area (TPSA) is 78.9 Å². The Labute approximate surface area is 519 Å². The summed E-state index contributed by atoms with van der Waals surface area (Å²) in [5, 5.41) is 0. The lowest BCUT2D eigenvalue weighted by Crippen LogP contribution is -2.30. The summed E-state index contributed by atoms with van der Waals surface area (Å²) in [6, 6.07) is 0. The number of esters is 3. The zero-order valence-corrected chi connectivity index (χ0v) is 56.5. The van der Waals surface area contributed by atoms with Crippen LogP contribution in [0.1, 0.15) is 432 Å². The van der Waals surface area contributed by atoms with Crippen molar-refractivity contribution >= 4 is 17.9 Å². The summed E-state index contributed by atoms with van der Waals surface area (Å²) < 4.78 is 17.0. The molecular formula is C77H146O6. The van der Waals surface area contributed by atoms with Crippen molar-refractivity contribution in [3.05, 3.63) is 24.3 Å². The van der Waals surface area contributed by atoms with Gasteiger partial charge in [0, 0.05) is 19.3 Å². The monoisotopic (exact) mass is 1170 g/mol. The first-order valence-corrected chi connectivity index (χ1v) is 37.8. The van der Waals surface area contributed by atoms with Crippen LogP contribution < -0.4 is 0 Å². The highest BCUT2D eigenvalue weighted by Gasteiger charge is 2.20. The van der Waals surface area contributed by atoms with Gasteiger partial charge in [0.05, 0.1) is 0 Å². The van der Waals surface area contributed by atoms with Gasteiger partial charge in [-0.05, 0) is 70.6 Å². The minimum Gasteiger partial charge on any atom is -0.462 e. The molecule has 0 aliphatic carbocycles. The molecule has 0 bridgehead atoms. The number of hydrogen-bond donors (Lipinski definition) is 0. The minimum absolute atomic E-state index is 0.0669. The number of allylic oxidation sites excluding steroid dienone is 4. The quantitative estimate of drug-likeness (QED) is 0.0261. The summed E-state index contributed by atoms with van der Waals surface area (Å²) in [7, 11) is 0. The van der Waals surface area contributed by atoms with E-state index < -0.39 is 6.10 Å². The van der Waals surface area contributed by atoms with Crippen LogP contribution >= 0.6 is 0 Å². The van der Waals surface area contributed by atoms with Gasteiger partial charge in [-0.1, -0.05) is 366 Å². The lowest BCUT2D eigenvalue weighted by molar-refractivity contribution is -0.167. The van der Waals surface area contributed by atoms with Gasteiger partial charge < -0.3 is 14.2 Å². The lowest BCUT2D eigenvalue weighted by Gasteiger charge is -2.18. The molecule has 490 valence electrons. The molecule has 0 rings (SSSR count). The highest BCUT2D eigenvalue weighted by atomic mass is 16.6. The van der Waals surface area contributed by atoms with E-state index in [9.17, 15) is 14.4 Å². The van der Waals surface area contributed by atoms with Gasteiger partial charge in [0.15, 0.2) is 6.10 Å². The average Bonchev–Trinajstić information content (AvgIpc) is 3.50. The van der Waals surface area contributed by atoms with Crippen LogP contribution in [0.15, 0.2) is 24.3 Å². The third kappa shape index (κ3) is 70.5. The molecule has 0 aromatic carbocycles. The number of carbonyl (C=O) groups is 3. The second-order valence-corrected chi connectivity index (χ2v) is 25.9. The second-order valence-electron chi connectivity index (χ2n) is 25.9. The molecule has 0 saturated carbocycles. The van der Waals surface area contributed by atoms with E-state index >= 15 is 0 Å². The summed E-state index contributed by atoms with van der Waals surface area (Å²) in [5.41, 5.74) is 0. The second kappa shape index (κ2) is 72.4. The van der Waals surface area contributed by atoms with Crippen molar-refractivity contribution in [1.82, 2.24) is 0 Å². The minimum atomic E-state index is -0.771. The summed E-state index contributed by atoms with van der Waals surface area (Å²) in [6.07, 6.45) is 89.5. The van der Waals surface area contributed by atoms with E-state index in [0.717, 1.165) is 64.2 Å². The molecule has 6 nitrogen and oxygen atoms in total. The molecule has 0 spiro atoms. The summed E-state index contributed by atoms with van der Waals surface area (Å²) in [4.78, 5) is 38.4. The number of rotatable bonds is 71. The zero-order chi connectivity index (χ0) is 59.9. The van der Waals surface area contributed by atoms with Crippen molar-refractivity contribution in [2.24, 2.45) is 0 Å². The first-order valence-electron chi connectivity index (χ1n) is 37.8. The van der Waals surface area contributed by atoms with Crippen LogP contribution in [-0.4, -0.2) is 37.2 Å². The molecule has 0 aliphatic heterocycles. The van der Waals surface area contributed by atoms with Crippen LogP contribution in [0.3, 0.4) is 0 Å². The van der Waals surface area contributed by atoms with E-state index in [1.165, 1.54) is 327 Å². The van der Waals surface area contributed by atoms with Gasteiger partial charge in [0.25, 0.3) is 0 Å². The fourth-order valence-electron chi connectivity index (χ4n) is 11.7. The third-order valence-corrected chi connectivity index (χ3v) is 17.4. The standard InChI is InChI=1S/C77H146O6/c1-4-7-10-13-16-19-22-25-28-30-32-33-34-35-36-37-38-39-40-41-42-43-44-45-46-48-49-52-55-58-61-64-67-70-76(79)82-73-74(72-81-75(78)69-66-63-60-57-54-51-27-24-21-18-15-12-9-6-3)83-77(80)71-68-65-62-59-56-53-50-47-31-29-26-23-20-17-14-11-8-5-2/h24,27,30,32,74H,4-23,25-26,28-29,31,33-73H2,1-3H3/b27-24-,32-30-. The highest BCUT2D eigenvalue weighted by Crippen LogP contribution is 2.19. The molecule has 0 heterocycles. The zero-order valence-electron chi connectivity index (χ0n) is 56.5. The van der Waals surface area contributed by atoms with Gasteiger partial charge in [0.2, 0.25) is 0 Å². The predicted molar refractivity (Wildman–Crippen MR) is 363 cm³/mol. The van der Waals surface area contributed by atoms with Crippen molar-refractivity contribution in [2.75, 3.05) is 13.2 Å². The van der Waals surface area contributed by atoms with E-state index in [1.54, 1.807) is 0 Å². The van der Waals surface area contributed by atoms with Crippen LogP contribution in [0.5, 0.6) is 0 Å². The van der Waals surface area contributed by atoms with Crippen LogP contribution in [-0.2, 0) is 28.6 Å². The Morgan fingerprint density at radius 2 is 0.398 bits per heavy atom. The molecule has 0 aliphatic rings. The van der Waals surface area contributed by atoms with Crippen LogP contribution in [0, 0.1) is 0 Å². The van der Waals surface area contributed by atoms with E-state index in [-0.39, 0.29) is 31.1 Å². The van der Waals surface area contributed by atoms with Crippen molar-refractivity contribution in [2.45, 2.75) is 438 Å². The fraction of sp³-hybridized carbons (Fsp3) is 0.909. The van der Waals surface area contributed by atoms with Crippen molar-refractivity contribution in [3.8, 4) is 0 Å². The number of ether oxygens (including phenoxy) is 3. The molecule has 0 fully saturated rings. The van der Waals surface area contributed by atoms with E-state index in [4.69, 9.17) is 14.2 Å². The summed E-state index contributed by atoms with van der Waals surface area (Å²) in [5.74, 6) is -0.841. The Morgan fingerprint density at radius 3 is 0.602 bits per heavy atom. The molecule has 1 atom stereocenters. The Kier molecular flexibility index (Phi) is 70.5. The number of unbranched alkanes of at least 4 members (excludes halogenated alkanes) is 56. The van der Waals surface area contributed by atoms with Crippen LogP contribution in [0.2, 0.25) is 0 Å².